The maximum absolute atomic E-state index is 3.65. The van der Waals surface area contributed by atoms with E-state index in [1.165, 1.54) is 25.6 Å². The van der Waals surface area contributed by atoms with E-state index in [2.05, 4.69) is 80.0 Å². The molecule has 0 aliphatic heterocycles. The second-order valence-corrected chi connectivity index (χ2v) is 7.02. The Bertz CT molecular complexity index is 551. The van der Waals surface area contributed by atoms with Crippen molar-refractivity contribution in [3.8, 4) is 0 Å². The highest BCUT2D eigenvalue weighted by molar-refractivity contribution is 9.10. The van der Waals surface area contributed by atoms with Crippen molar-refractivity contribution < 1.29 is 0 Å². The minimum Gasteiger partial charge on any atom is -0.306 e. The smallest absolute Gasteiger partial charge is 0.0596 e. The number of rotatable bonds is 5. The second kappa shape index (κ2) is 7.02. The highest BCUT2D eigenvalue weighted by atomic mass is 79.9. The molecule has 0 spiro atoms. The number of thiophene rings is 1. The number of benzene rings is 1. The lowest BCUT2D eigenvalue weighted by Gasteiger charge is -2.19. The van der Waals surface area contributed by atoms with Crippen LogP contribution in [0.3, 0.4) is 0 Å². The highest BCUT2D eigenvalue weighted by Gasteiger charge is 2.17. The molecule has 1 aromatic heterocycles. The molecule has 0 fully saturated rings. The minimum absolute atomic E-state index is 0.248. The Morgan fingerprint density at radius 2 is 2.00 bits per heavy atom. The maximum Gasteiger partial charge on any atom is 0.0596 e. The average molecular weight is 403 g/mol. The van der Waals surface area contributed by atoms with Gasteiger partial charge in [-0.2, -0.15) is 11.3 Å². The lowest BCUT2D eigenvalue weighted by Crippen LogP contribution is -2.23. The van der Waals surface area contributed by atoms with Gasteiger partial charge in [0.15, 0.2) is 0 Å². The number of nitrogens with one attached hydrogen (secondary N) is 1. The maximum atomic E-state index is 3.65. The zero-order valence-corrected chi connectivity index (χ0v) is 15.0. The van der Waals surface area contributed by atoms with Crippen LogP contribution in [0.1, 0.15) is 36.1 Å². The third-order valence-electron chi connectivity index (χ3n) is 3.08. The summed E-state index contributed by atoms with van der Waals surface area (Å²) in [5, 5.41) is 7.98. The molecular weight excluding hydrogens is 386 g/mol. The first-order valence-electron chi connectivity index (χ1n) is 6.34. The molecule has 1 atom stereocenters. The van der Waals surface area contributed by atoms with Crippen molar-refractivity contribution in [1.82, 2.24) is 5.32 Å². The van der Waals surface area contributed by atoms with Gasteiger partial charge in [0.2, 0.25) is 0 Å². The van der Waals surface area contributed by atoms with Crippen molar-refractivity contribution in [2.75, 3.05) is 6.54 Å². The molecule has 1 heterocycles. The first-order chi connectivity index (χ1) is 9.13. The summed E-state index contributed by atoms with van der Waals surface area (Å²) in [6, 6.07) is 6.84. The van der Waals surface area contributed by atoms with Gasteiger partial charge in [0, 0.05) is 14.3 Å². The van der Waals surface area contributed by atoms with Crippen LogP contribution in [0.5, 0.6) is 0 Å². The number of hydrogen-bond donors (Lipinski definition) is 1. The zero-order chi connectivity index (χ0) is 13.8. The van der Waals surface area contributed by atoms with Crippen LogP contribution in [-0.4, -0.2) is 6.54 Å². The summed E-state index contributed by atoms with van der Waals surface area (Å²) in [4.78, 5) is 0. The molecule has 0 saturated carbocycles. The van der Waals surface area contributed by atoms with E-state index in [4.69, 9.17) is 0 Å². The highest BCUT2D eigenvalue weighted by Crippen LogP contribution is 2.33. The first-order valence-corrected chi connectivity index (χ1v) is 8.87. The van der Waals surface area contributed by atoms with E-state index in [0.29, 0.717) is 0 Å². The summed E-state index contributed by atoms with van der Waals surface area (Å²) < 4.78 is 2.35. The predicted octanol–water partition coefficient (Wildman–Crippen LogP) is 5.67. The molecule has 0 bridgehead atoms. The van der Waals surface area contributed by atoms with Gasteiger partial charge in [0.25, 0.3) is 0 Å². The number of halogens is 2. The van der Waals surface area contributed by atoms with Crippen molar-refractivity contribution >= 4 is 43.2 Å². The molecule has 102 valence electrons. The Morgan fingerprint density at radius 3 is 2.58 bits per heavy atom. The van der Waals surface area contributed by atoms with Gasteiger partial charge in [-0.05, 0) is 64.0 Å². The number of hydrogen-bond acceptors (Lipinski definition) is 2. The molecular formula is C15H17Br2NS. The fraction of sp³-hybridized carbons (Fsp3) is 0.333. The quantitative estimate of drug-likeness (QED) is 0.679. The van der Waals surface area contributed by atoms with Gasteiger partial charge in [-0.1, -0.05) is 35.0 Å². The fourth-order valence-corrected chi connectivity index (χ4v) is 3.93. The predicted molar refractivity (Wildman–Crippen MR) is 91.0 cm³/mol. The van der Waals surface area contributed by atoms with Crippen molar-refractivity contribution in [3.05, 3.63) is 54.6 Å². The largest absolute Gasteiger partial charge is 0.306 e. The normalized spacial score (nSPS) is 12.6. The molecule has 4 heteroatoms. The second-order valence-electron chi connectivity index (χ2n) is 4.57. The van der Waals surface area contributed by atoms with Gasteiger partial charge < -0.3 is 5.32 Å². The molecule has 0 aliphatic rings. The summed E-state index contributed by atoms with van der Waals surface area (Å²) in [7, 11) is 0. The Hall–Kier alpha value is -0.160. The molecule has 0 saturated heterocycles. The van der Waals surface area contributed by atoms with E-state index >= 15 is 0 Å². The van der Waals surface area contributed by atoms with Gasteiger partial charge in [-0.3, -0.25) is 0 Å². The van der Waals surface area contributed by atoms with Gasteiger partial charge >= 0.3 is 0 Å². The van der Waals surface area contributed by atoms with Gasteiger partial charge in [-0.15, -0.1) is 0 Å². The first kappa shape index (κ1) is 15.2. The molecule has 1 aromatic carbocycles. The molecule has 2 aromatic rings. The van der Waals surface area contributed by atoms with Crippen LogP contribution in [0.2, 0.25) is 0 Å². The summed E-state index contributed by atoms with van der Waals surface area (Å²) in [5.74, 6) is 0. The lowest BCUT2D eigenvalue weighted by molar-refractivity contribution is 0.598. The van der Waals surface area contributed by atoms with Gasteiger partial charge in [0.1, 0.15) is 0 Å². The van der Waals surface area contributed by atoms with Crippen LogP contribution >= 0.6 is 43.2 Å². The molecule has 0 aliphatic carbocycles. The van der Waals surface area contributed by atoms with E-state index in [1.807, 2.05) is 0 Å². The van der Waals surface area contributed by atoms with Gasteiger partial charge in [-0.25, -0.2) is 0 Å². The van der Waals surface area contributed by atoms with Crippen molar-refractivity contribution in [1.29, 1.82) is 0 Å². The van der Waals surface area contributed by atoms with E-state index in [-0.39, 0.29) is 6.04 Å². The minimum atomic E-state index is 0.248. The lowest BCUT2D eigenvalue weighted by atomic mass is 10.00. The van der Waals surface area contributed by atoms with E-state index in [1.54, 1.807) is 11.3 Å². The fourth-order valence-electron chi connectivity index (χ4n) is 1.98. The Balaban J connectivity index is 2.37. The average Bonchev–Trinajstić information content (AvgIpc) is 2.80. The molecule has 0 amide bonds. The van der Waals surface area contributed by atoms with Crippen LogP contribution in [0.25, 0.3) is 0 Å². The van der Waals surface area contributed by atoms with E-state index < -0.39 is 0 Å². The van der Waals surface area contributed by atoms with Crippen molar-refractivity contribution in [2.45, 2.75) is 26.3 Å². The monoisotopic (exact) mass is 401 g/mol. The van der Waals surface area contributed by atoms with E-state index in [9.17, 15) is 0 Å². The Labute approximate surface area is 135 Å². The van der Waals surface area contributed by atoms with Crippen molar-refractivity contribution in [3.63, 3.8) is 0 Å². The van der Waals surface area contributed by atoms with Gasteiger partial charge in [0.05, 0.1) is 6.04 Å². The Kier molecular flexibility index (Phi) is 5.63. The van der Waals surface area contributed by atoms with Crippen LogP contribution in [0.15, 0.2) is 37.9 Å². The molecule has 19 heavy (non-hydrogen) atoms. The van der Waals surface area contributed by atoms with Crippen LogP contribution < -0.4 is 5.32 Å². The topological polar surface area (TPSA) is 12.0 Å². The zero-order valence-electron chi connectivity index (χ0n) is 11.0. The van der Waals surface area contributed by atoms with Crippen LogP contribution in [0, 0.1) is 6.92 Å². The molecule has 1 unspecified atom stereocenters. The number of aryl methyl sites for hydroxylation is 1. The molecule has 0 radical (unpaired) electrons. The summed E-state index contributed by atoms with van der Waals surface area (Å²) in [6.45, 7) is 5.32. The Morgan fingerprint density at radius 1 is 1.21 bits per heavy atom. The third kappa shape index (κ3) is 3.69. The van der Waals surface area contributed by atoms with Crippen LogP contribution in [0.4, 0.5) is 0 Å². The van der Waals surface area contributed by atoms with E-state index in [0.717, 1.165) is 13.0 Å². The summed E-state index contributed by atoms with van der Waals surface area (Å²) in [5.41, 5.74) is 3.88. The third-order valence-corrected chi connectivity index (χ3v) is 5.69. The SMILES string of the molecule is CCCNC(c1ccc(C)c(Br)c1)c1cscc1Br. The molecule has 1 N–H and O–H groups in total. The summed E-state index contributed by atoms with van der Waals surface area (Å²) >= 11 is 9.01. The summed E-state index contributed by atoms with van der Waals surface area (Å²) in [6.07, 6.45) is 1.13. The standard InChI is InChI=1S/C15H17Br2NS/c1-3-6-18-15(12-8-19-9-14(12)17)11-5-4-10(2)13(16)7-11/h4-5,7-9,15,18H,3,6H2,1-2H3. The molecule has 2 rings (SSSR count). The molecule has 1 nitrogen and oxygen atoms in total. The van der Waals surface area contributed by atoms with Crippen molar-refractivity contribution in [2.24, 2.45) is 0 Å². The van der Waals surface area contributed by atoms with Crippen LogP contribution in [-0.2, 0) is 0 Å².